The Morgan fingerprint density at radius 2 is 2.04 bits per heavy atom. The number of rotatable bonds is 4. The van der Waals surface area contributed by atoms with Gasteiger partial charge >= 0.3 is 0 Å². The minimum absolute atomic E-state index is 0.0276. The lowest BCUT2D eigenvalue weighted by Gasteiger charge is -2.12. The van der Waals surface area contributed by atoms with E-state index in [2.05, 4.69) is 20.6 Å². The highest BCUT2D eigenvalue weighted by atomic mass is 32.2. The second-order valence-corrected chi connectivity index (χ2v) is 7.39. The molecule has 0 saturated heterocycles. The highest BCUT2D eigenvalue weighted by Gasteiger charge is 2.26. The number of Topliss-reactive ketones (excluding diaryl/α,β-unsaturated/α-hetero) is 1. The second kappa shape index (κ2) is 6.88. The first-order valence-electron chi connectivity index (χ1n) is 8.35. The third kappa shape index (κ3) is 3.56. The molecule has 1 amide bonds. The number of nitrogens with one attached hydrogen (secondary N) is 3. The van der Waals surface area contributed by atoms with Crippen molar-refractivity contribution in [2.75, 3.05) is 5.32 Å². The number of fused-ring (bicyclic) bond motifs is 2. The van der Waals surface area contributed by atoms with Gasteiger partial charge in [0.2, 0.25) is 5.78 Å². The molecular formula is C19H16N4O3S. The molecule has 27 heavy (non-hydrogen) atoms. The van der Waals surface area contributed by atoms with Crippen LogP contribution in [0.15, 0.2) is 52.2 Å². The summed E-state index contributed by atoms with van der Waals surface area (Å²) >= 11 is 1.43. The van der Waals surface area contributed by atoms with Gasteiger partial charge in [0.25, 0.3) is 11.5 Å². The number of anilines is 1. The summed E-state index contributed by atoms with van der Waals surface area (Å²) in [5, 5.41) is 5.79. The van der Waals surface area contributed by atoms with Crippen LogP contribution in [0.1, 0.15) is 11.3 Å². The van der Waals surface area contributed by atoms with Gasteiger partial charge in [-0.15, -0.1) is 0 Å². The van der Waals surface area contributed by atoms with Crippen molar-refractivity contribution in [3.05, 3.63) is 64.1 Å². The van der Waals surface area contributed by atoms with Crippen LogP contribution in [0.4, 0.5) is 5.69 Å². The maximum Gasteiger partial charge on any atom is 0.290 e. The zero-order valence-corrected chi connectivity index (χ0v) is 15.2. The van der Waals surface area contributed by atoms with Crippen molar-refractivity contribution < 1.29 is 9.59 Å². The summed E-state index contributed by atoms with van der Waals surface area (Å²) in [7, 11) is 0. The average molecular weight is 380 g/mol. The molecule has 3 aromatic rings. The monoisotopic (exact) mass is 380 g/mol. The second-order valence-electron chi connectivity index (χ2n) is 6.25. The van der Waals surface area contributed by atoms with E-state index in [-0.39, 0.29) is 12.1 Å². The van der Waals surface area contributed by atoms with E-state index in [1.165, 1.54) is 11.8 Å². The standard InChI is InChI=1S/C19H16N4O3S/c1-10-6-7-13-16(8-10)27-19(22-13)23-18(26)15(24)9-14-17(25)21-12-5-3-2-4-11(12)20-14/h2-8,19,22H,9H2,1H3,(H,21,25)(H,23,26)/t19-/m0/s1. The van der Waals surface area contributed by atoms with Gasteiger partial charge in [-0.1, -0.05) is 30.0 Å². The number of nitrogens with zero attached hydrogens (tertiary/aromatic N) is 1. The number of carbonyl (C=O) groups is 2. The third-order valence-corrected chi connectivity index (χ3v) is 5.24. The Kier molecular flexibility index (Phi) is 4.41. The summed E-state index contributed by atoms with van der Waals surface area (Å²) in [5.41, 5.74) is 2.32. The fraction of sp³-hybridized carbons (Fsp3) is 0.158. The molecule has 136 valence electrons. The van der Waals surface area contributed by atoms with Crippen LogP contribution >= 0.6 is 11.8 Å². The molecule has 4 rings (SSSR count). The molecule has 0 fully saturated rings. The number of H-pyrrole nitrogens is 1. The Morgan fingerprint density at radius 1 is 1.22 bits per heavy atom. The molecule has 1 aliphatic heterocycles. The van der Waals surface area contributed by atoms with Crippen molar-refractivity contribution in [1.82, 2.24) is 15.3 Å². The zero-order chi connectivity index (χ0) is 19.0. The predicted octanol–water partition coefficient (Wildman–Crippen LogP) is 1.96. The molecule has 8 heteroatoms. The number of aromatic amines is 1. The first-order chi connectivity index (χ1) is 13.0. The van der Waals surface area contributed by atoms with E-state index in [4.69, 9.17) is 0 Å². The minimum atomic E-state index is -0.751. The molecule has 0 bridgehead atoms. The van der Waals surface area contributed by atoms with Gasteiger partial charge in [0, 0.05) is 4.90 Å². The summed E-state index contributed by atoms with van der Waals surface area (Å²) in [4.78, 5) is 44.5. The molecule has 7 nitrogen and oxygen atoms in total. The Labute approximate surface area is 158 Å². The number of benzene rings is 2. The van der Waals surface area contributed by atoms with E-state index >= 15 is 0 Å². The number of aromatic nitrogens is 2. The van der Waals surface area contributed by atoms with Gasteiger partial charge < -0.3 is 15.6 Å². The normalized spacial score (nSPS) is 15.2. The fourth-order valence-corrected chi connectivity index (χ4v) is 3.94. The molecule has 0 aliphatic carbocycles. The first-order valence-corrected chi connectivity index (χ1v) is 9.23. The Hall–Kier alpha value is -3.13. The van der Waals surface area contributed by atoms with E-state index in [0.717, 1.165) is 16.1 Å². The molecule has 0 saturated carbocycles. The van der Waals surface area contributed by atoms with Crippen molar-refractivity contribution in [3.63, 3.8) is 0 Å². The maximum absolute atomic E-state index is 12.3. The van der Waals surface area contributed by atoms with Gasteiger partial charge in [-0.25, -0.2) is 4.98 Å². The lowest BCUT2D eigenvalue weighted by atomic mass is 10.2. The molecule has 0 radical (unpaired) electrons. The van der Waals surface area contributed by atoms with E-state index in [1.54, 1.807) is 24.3 Å². The van der Waals surface area contributed by atoms with Gasteiger partial charge in [-0.3, -0.25) is 14.4 Å². The average Bonchev–Trinajstić information content (AvgIpc) is 3.03. The number of thioether (sulfide) groups is 1. The van der Waals surface area contributed by atoms with E-state index in [9.17, 15) is 14.4 Å². The molecule has 2 aromatic carbocycles. The quantitative estimate of drug-likeness (QED) is 0.598. The number of carbonyl (C=O) groups excluding carboxylic acids is 2. The molecular weight excluding hydrogens is 364 g/mol. The van der Waals surface area contributed by atoms with Crippen molar-refractivity contribution in [3.8, 4) is 0 Å². The summed E-state index contributed by atoms with van der Waals surface area (Å²) < 4.78 is 0. The molecule has 0 unspecified atom stereocenters. The SMILES string of the molecule is Cc1ccc2c(c1)S[C@H](NC(=O)C(=O)Cc1nc3ccccc3[nH]c1=O)N2. The molecule has 1 aromatic heterocycles. The van der Waals surface area contributed by atoms with E-state index < -0.39 is 22.7 Å². The minimum Gasteiger partial charge on any atom is -0.356 e. The number of hydrogen-bond donors (Lipinski definition) is 3. The maximum atomic E-state index is 12.3. The van der Waals surface area contributed by atoms with Crippen LogP contribution in [0.25, 0.3) is 11.0 Å². The van der Waals surface area contributed by atoms with Crippen LogP contribution in [0, 0.1) is 6.92 Å². The number of ketones is 1. The van der Waals surface area contributed by atoms with Crippen LogP contribution < -0.4 is 16.2 Å². The molecule has 1 atom stereocenters. The number of para-hydroxylation sites is 2. The van der Waals surface area contributed by atoms with Crippen molar-refractivity contribution in [1.29, 1.82) is 0 Å². The van der Waals surface area contributed by atoms with Gasteiger partial charge in [-0.2, -0.15) is 0 Å². The predicted molar refractivity (Wildman–Crippen MR) is 104 cm³/mol. The lowest BCUT2D eigenvalue weighted by molar-refractivity contribution is -0.137. The summed E-state index contributed by atoms with van der Waals surface area (Å²) in [5.74, 6) is -1.46. The van der Waals surface area contributed by atoms with Crippen molar-refractivity contribution >= 4 is 40.2 Å². The van der Waals surface area contributed by atoms with Crippen LogP contribution in [0.2, 0.25) is 0 Å². The summed E-state index contributed by atoms with van der Waals surface area (Å²) in [6.45, 7) is 1.99. The molecule has 3 N–H and O–H groups in total. The third-order valence-electron chi connectivity index (χ3n) is 4.18. The van der Waals surface area contributed by atoms with Gasteiger partial charge in [-0.05, 0) is 36.8 Å². The Bertz CT molecular complexity index is 1130. The number of hydrogen-bond acceptors (Lipinski definition) is 6. The Morgan fingerprint density at radius 3 is 2.89 bits per heavy atom. The first kappa shape index (κ1) is 17.3. The van der Waals surface area contributed by atoms with Crippen LogP contribution in [-0.4, -0.2) is 27.2 Å². The topological polar surface area (TPSA) is 104 Å². The smallest absolute Gasteiger partial charge is 0.290 e. The van der Waals surface area contributed by atoms with E-state index in [1.807, 2.05) is 25.1 Å². The fourth-order valence-electron chi connectivity index (χ4n) is 2.83. The van der Waals surface area contributed by atoms with Crippen molar-refractivity contribution in [2.45, 2.75) is 23.7 Å². The highest BCUT2D eigenvalue weighted by Crippen LogP contribution is 2.37. The summed E-state index contributed by atoms with van der Waals surface area (Å²) in [6.07, 6.45) is -0.352. The van der Waals surface area contributed by atoms with Crippen molar-refractivity contribution in [2.24, 2.45) is 0 Å². The van der Waals surface area contributed by atoms with Gasteiger partial charge in [0.1, 0.15) is 5.69 Å². The zero-order valence-electron chi connectivity index (χ0n) is 14.4. The Balaban J connectivity index is 1.44. The molecule has 1 aliphatic rings. The number of aryl methyl sites for hydroxylation is 1. The van der Waals surface area contributed by atoms with Crippen LogP contribution in [0.5, 0.6) is 0 Å². The van der Waals surface area contributed by atoms with Gasteiger partial charge in [0.15, 0.2) is 5.50 Å². The lowest BCUT2D eigenvalue weighted by Crippen LogP contribution is -2.41. The van der Waals surface area contributed by atoms with E-state index in [0.29, 0.717) is 11.0 Å². The molecule has 0 spiro atoms. The van der Waals surface area contributed by atoms with Crippen LogP contribution in [0.3, 0.4) is 0 Å². The highest BCUT2D eigenvalue weighted by molar-refractivity contribution is 8.00. The largest absolute Gasteiger partial charge is 0.356 e. The van der Waals surface area contributed by atoms with Crippen LogP contribution in [-0.2, 0) is 16.0 Å². The van der Waals surface area contributed by atoms with Gasteiger partial charge in [0.05, 0.1) is 23.1 Å². The summed E-state index contributed by atoms with van der Waals surface area (Å²) in [6, 6.07) is 12.9. The molecule has 2 heterocycles. The number of amides is 1.